The van der Waals surface area contributed by atoms with Crippen molar-refractivity contribution in [1.29, 1.82) is 0 Å². The molecule has 0 aliphatic heterocycles. The molecule has 0 aromatic heterocycles. The summed E-state index contributed by atoms with van der Waals surface area (Å²) in [6.45, 7) is 13.3. The summed E-state index contributed by atoms with van der Waals surface area (Å²) in [6, 6.07) is 0. The zero-order valence-electron chi connectivity index (χ0n) is 23.8. The second-order valence-corrected chi connectivity index (χ2v) is 12.8. The number of aliphatic carboxylic acids is 1. The summed E-state index contributed by atoms with van der Waals surface area (Å²) in [7, 11) is 1.57. The van der Waals surface area contributed by atoms with E-state index in [4.69, 9.17) is 4.74 Å². The highest BCUT2D eigenvalue weighted by molar-refractivity contribution is 6.01. The number of carbonyl (C=O) groups excluding carboxylic acids is 2. The monoisotopic (exact) mass is 513 g/mol. The third kappa shape index (κ3) is 5.05. The smallest absolute Gasteiger partial charge is 0.160 e. The van der Waals surface area contributed by atoms with E-state index in [0.717, 1.165) is 16.7 Å². The molecule has 0 aromatic rings. The number of ether oxygens (including phenoxy) is 1. The highest BCUT2D eigenvalue weighted by Crippen LogP contribution is 2.69. The fourth-order valence-corrected chi connectivity index (χ4v) is 7.87. The summed E-state index contributed by atoms with van der Waals surface area (Å²) in [5.74, 6) is -1.24. The Morgan fingerprint density at radius 3 is 2.35 bits per heavy atom. The van der Waals surface area contributed by atoms with Crippen molar-refractivity contribution in [3.63, 3.8) is 0 Å². The maximum absolute atomic E-state index is 13.4. The van der Waals surface area contributed by atoms with Crippen molar-refractivity contribution in [3.05, 3.63) is 47.1 Å². The Bertz CT molecular complexity index is 1040. The number of carboxylic acids is 1. The van der Waals surface area contributed by atoms with Crippen LogP contribution in [0, 0.1) is 28.1 Å². The van der Waals surface area contributed by atoms with Crippen LogP contribution in [0.1, 0.15) is 80.6 Å². The molecular formula is C31H45O6-. The quantitative estimate of drug-likeness (QED) is 0.393. The number of rotatable bonds is 7. The highest BCUT2D eigenvalue weighted by Gasteiger charge is 2.65. The molecule has 3 aliphatic rings. The number of aliphatic hydroxyl groups excluding tert-OH is 1. The average molecular weight is 514 g/mol. The van der Waals surface area contributed by atoms with Crippen LogP contribution in [0.5, 0.6) is 0 Å². The molecule has 0 spiro atoms. The van der Waals surface area contributed by atoms with E-state index >= 15 is 0 Å². The molecule has 3 fully saturated rings. The minimum Gasteiger partial charge on any atom is -0.549 e. The van der Waals surface area contributed by atoms with Gasteiger partial charge in [-0.1, -0.05) is 56.7 Å². The van der Waals surface area contributed by atoms with Crippen LogP contribution in [0.25, 0.3) is 0 Å². The Balaban J connectivity index is 1.88. The molecule has 2 N–H and O–H groups in total. The number of carboxylic acid groups (broad SMARTS) is 1. The second-order valence-electron chi connectivity index (χ2n) is 12.8. The Morgan fingerprint density at radius 1 is 1.14 bits per heavy atom. The lowest BCUT2D eigenvalue weighted by Gasteiger charge is -2.63. The molecule has 0 radical (unpaired) electrons. The van der Waals surface area contributed by atoms with Crippen LogP contribution >= 0.6 is 0 Å². The van der Waals surface area contributed by atoms with E-state index in [1.165, 1.54) is 0 Å². The fourth-order valence-electron chi connectivity index (χ4n) is 7.87. The summed E-state index contributed by atoms with van der Waals surface area (Å²) in [5, 5.41) is 33.1. The predicted octanol–water partition coefficient (Wildman–Crippen LogP) is 4.07. The van der Waals surface area contributed by atoms with Gasteiger partial charge < -0.3 is 24.9 Å². The van der Waals surface area contributed by atoms with Gasteiger partial charge in [-0.05, 0) is 76.2 Å². The van der Waals surface area contributed by atoms with Gasteiger partial charge in [0.25, 0.3) is 0 Å². The summed E-state index contributed by atoms with van der Waals surface area (Å²) in [5.41, 5.74) is -0.195. The van der Waals surface area contributed by atoms with Crippen LogP contribution in [0.4, 0.5) is 0 Å². The van der Waals surface area contributed by atoms with Crippen LogP contribution in [0.3, 0.4) is 0 Å². The minimum atomic E-state index is -1.30. The van der Waals surface area contributed by atoms with Crippen molar-refractivity contribution in [2.75, 3.05) is 7.11 Å². The van der Waals surface area contributed by atoms with Crippen LogP contribution in [-0.4, -0.2) is 46.9 Å². The molecule has 0 bridgehead atoms. The van der Waals surface area contributed by atoms with Gasteiger partial charge in [-0.3, -0.25) is 4.79 Å². The molecule has 3 aliphatic carbocycles. The lowest BCUT2D eigenvalue weighted by molar-refractivity contribution is -0.334. The first-order chi connectivity index (χ1) is 17.0. The Morgan fingerprint density at radius 2 is 1.78 bits per heavy atom. The number of fused-ring (bicyclic) bond motifs is 3. The molecule has 206 valence electrons. The number of methoxy groups -OCH3 is 1. The molecule has 0 saturated heterocycles. The van der Waals surface area contributed by atoms with Crippen molar-refractivity contribution < 1.29 is 29.6 Å². The standard InChI is InChI=1S/C31H46O6/c1-19(12-13-25(37-8)28(3,4)36)10-9-11-20(2)26-21(32)18-23-29(5)17-15-24(33)31(7,27(34)35)22(29)14-16-30(23,26)6/h9-13,22-25,33,36H,14-18H2,1-8H3,(H,34,35)/p-1/b11-9+,13-12+,19-10+,26-20+/t22-,23+,24-,25?,29+,30+,31-/m1/s1. The first-order valence-corrected chi connectivity index (χ1v) is 13.5. The van der Waals surface area contributed by atoms with Gasteiger partial charge in [0.15, 0.2) is 5.78 Å². The largest absolute Gasteiger partial charge is 0.549 e. The second kappa shape index (κ2) is 10.3. The van der Waals surface area contributed by atoms with Crippen LogP contribution < -0.4 is 5.11 Å². The summed E-state index contributed by atoms with van der Waals surface area (Å²) < 4.78 is 5.35. The Labute approximate surface area is 222 Å². The molecule has 3 saturated carbocycles. The zero-order valence-corrected chi connectivity index (χ0v) is 23.8. The first kappa shape index (κ1) is 29.5. The Kier molecular flexibility index (Phi) is 8.20. The molecule has 7 atom stereocenters. The minimum absolute atomic E-state index is 0.0313. The number of allylic oxidation sites excluding steroid dienone is 7. The van der Waals surface area contributed by atoms with E-state index in [1.807, 2.05) is 44.2 Å². The van der Waals surface area contributed by atoms with E-state index in [1.54, 1.807) is 27.9 Å². The number of Topliss-reactive ketones (excluding diaryl/α,β-unsaturated/α-hetero) is 1. The fraction of sp³-hybridized carbons (Fsp3) is 0.677. The van der Waals surface area contributed by atoms with Gasteiger partial charge in [0.05, 0.1) is 17.7 Å². The third-order valence-electron chi connectivity index (χ3n) is 9.95. The number of carbonyl (C=O) groups is 2. The third-order valence-corrected chi connectivity index (χ3v) is 9.95. The van der Waals surface area contributed by atoms with Gasteiger partial charge in [0.1, 0.15) is 6.10 Å². The normalized spacial score (nSPS) is 39.1. The number of aliphatic hydroxyl groups is 2. The van der Waals surface area contributed by atoms with Crippen LogP contribution in [0.2, 0.25) is 0 Å². The maximum Gasteiger partial charge on any atom is 0.160 e. The zero-order chi connectivity index (χ0) is 28.0. The van der Waals surface area contributed by atoms with Gasteiger partial charge in [-0.25, -0.2) is 0 Å². The van der Waals surface area contributed by atoms with Gasteiger partial charge in [0, 0.05) is 29.9 Å². The van der Waals surface area contributed by atoms with E-state index in [0.29, 0.717) is 32.1 Å². The first-order valence-electron chi connectivity index (χ1n) is 13.5. The maximum atomic E-state index is 13.4. The number of hydrogen-bond acceptors (Lipinski definition) is 6. The van der Waals surface area contributed by atoms with Crippen molar-refractivity contribution >= 4 is 11.8 Å². The van der Waals surface area contributed by atoms with E-state index in [-0.39, 0.29) is 28.4 Å². The highest BCUT2D eigenvalue weighted by atomic mass is 16.5. The molecule has 3 rings (SSSR count). The SMILES string of the molecule is COC(/C=C/C(C)=C/C=C/C(C)=C1\C(=O)C[C@H]2[C@@]3(C)CC[C@@H](O)[C@](C)(C(=O)[O-])[C@@H]3CC[C@]12C)C(C)(C)O. The van der Waals surface area contributed by atoms with Gasteiger partial charge >= 0.3 is 0 Å². The summed E-state index contributed by atoms with van der Waals surface area (Å²) >= 11 is 0. The van der Waals surface area contributed by atoms with Gasteiger partial charge in [0.2, 0.25) is 0 Å². The Hall–Kier alpha value is -2.02. The molecule has 6 heteroatoms. The van der Waals surface area contributed by atoms with Crippen molar-refractivity contribution in [1.82, 2.24) is 0 Å². The molecular weight excluding hydrogens is 468 g/mol. The summed E-state index contributed by atoms with van der Waals surface area (Å²) in [6.07, 6.45) is 11.2. The molecule has 0 aromatic carbocycles. The molecule has 0 amide bonds. The van der Waals surface area contributed by atoms with Crippen molar-refractivity contribution in [3.8, 4) is 0 Å². The number of ketones is 1. The van der Waals surface area contributed by atoms with E-state index in [2.05, 4.69) is 13.8 Å². The van der Waals surface area contributed by atoms with Crippen LogP contribution in [-0.2, 0) is 14.3 Å². The van der Waals surface area contributed by atoms with Gasteiger partial charge in [-0.2, -0.15) is 0 Å². The summed E-state index contributed by atoms with van der Waals surface area (Å²) in [4.78, 5) is 25.7. The lowest BCUT2D eigenvalue weighted by Crippen LogP contribution is -2.63. The predicted molar refractivity (Wildman–Crippen MR) is 142 cm³/mol. The lowest BCUT2D eigenvalue weighted by atomic mass is 9.43. The molecule has 1 unspecified atom stereocenters. The molecule has 6 nitrogen and oxygen atoms in total. The van der Waals surface area contributed by atoms with Crippen molar-refractivity contribution in [2.45, 2.75) is 98.4 Å². The number of hydrogen-bond donors (Lipinski definition) is 2. The van der Waals surface area contributed by atoms with Crippen LogP contribution in [0.15, 0.2) is 47.1 Å². The average Bonchev–Trinajstić information content (AvgIpc) is 3.07. The van der Waals surface area contributed by atoms with Crippen molar-refractivity contribution in [2.24, 2.45) is 28.1 Å². The molecule has 37 heavy (non-hydrogen) atoms. The van der Waals surface area contributed by atoms with E-state index in [9.17, 15) is 24.9 Å². The van der Waals surface area contributed by atoms with Gasteiger partial charge in [-0.15, -0.1) is 0 Å². The topological polar surface area (TPSA) is 107 Å². The van der Waals surface area contributed by atoms with E-state index < -0.39 is 29.2 Å². The molecule has 0 heterocycles.